The van der Waals surface area contributed by atoms with Crippen LogP contribution in [0.2, 0.25) is 0 Å². The molecule has 3 fully saturated rings. The summed E-state index contributed by atoms with van der Waals surface area (Å²) in [6, 6.07) is 3.82. The van der Waals surface area contributed by atoms with Crippen LogP contribution in [0.3, 0.4) is 0 Å². The van der Waals surface area contributed by atoms with Gasteiger partial charge in [0.05, 0.1) is 24.7 Å². The number of aliphatic hydroxyl groups is 1. The Morgan fingerprint density at radius 2 is 1.22 bits per heavy atom. The van der Waals surface area contributed by atoms with Crippen molar-refractivity contribution < 1.29 is 95.6 Å². The molecule has 15 atom stereocenters. The number of aliphatic hydroxyl groups excluding tert-OH is 1. The quantitative estimate of drug-likeness (QED) is 0.0489. The second kappa shape index (κ2) is 27.8. The van der Waals surface area contributed by atoms with Gasteiger partial charge in [-0.2, -0.15) is 0 Å². The third kappa shape index (κ3) is 16.8. The van der Waals surface area contributed by atoms with Crippen LogP contribution >= 0.6 is 0 Å². The van der Waals surface area contributed by atoms with Gasteiger partial charge < -0.3 is 67.8 Å². The van der Waals surface area contributed by atoms with Crippen molar-refractivity contribution in [3.05, 3.63) is 67.2 Å². The first-order valence-electron chi connectivity index (χ1n) is 21.9. The molecule has 3 aliphatic rings. The minimum absolute atomic E-state index is 0.0725. The van der Waals surface area contributed by atoms with Gasteiger partial charge in [0.1, 0.15) is 43.7 Å². The number of esters is 6. The van der Waals surface area contributed by atoms with Gasteiger partial charge in [0.25, 0.3) is 0 Å². The molecule has 0 aromatic heterocycles. The summed E-state index contributed by atoms with van der Waals surface area (Å²) in [5.74, 6) is -6.76. The normalized spacial score (nSPS) is 28.8. The molecule has 1 saturated carbocycles. The monoisotopic (exact) mass is 1020 g/mol. The van der Waals surface area contributed by atoms with Gasteiger partial charge in [-0.1, -0.05) is 45.7 Å². The van der Waals surface area contributed by atoms with Crippen molar-refractivity contribution in [2.75, 3.05) is 19.7 Å². The summed E-state index contributed by atoms with van der Waals surface area (Å²) in [5, 5.41) is 27.0. The van der Waals surface area contributed by atoms with E-state index in [9.17, 15) is 60.1 Å². The number of amides is 2. The molecule has 3 N–H and O–H groups in total. The lowest BCUT2D eigenvalue weighted by Gasteiger charge is -2.49. The van der Waals surface area contributed by atoms with Crippen LogP contribution in [0.1, 0.15) is 59.9 Å². The fourth-order valence-electron chi connectivity index (χ4n) is 7.85. The van der Waals surface area contributed by atoms with Crippen molar-refractivity contribution in [3.8, 4) is 0 Å². The van der Waals surface area contributed by atoms with E-state index in [1.54, 1.807) is 30.3 Å². The van der Waals surface area contributed by atoms with Gasteiger partial charge in [0.2, 0.25) is 5.91 Å². The Hall–Kier alpha value is -7.49. The van der Waals surface area contributed by atoms with Gasteiger partial charge in [-0.25, -0.2) is 4.79 Å². The van der Waals surface area contributed by atoms with Crippen molar-refractivity contribution in [2.24, 2.45) is 15.3 Å². The SMILES string of the molecule is CC(=O)OC[C@H]1O[C@@H](O[C@@H]2[C@@H](OC(C)=O)[C@H](NC(=O)[C@@H](O)CCNC(=O)OCc3ccccc3)C[C@H](N=[N+]=[N-])[C@H]2O[C@H]2O[C@H](CN=[N+]=[N-])[C@@H](OC(C)=O)[C@H](OC(C)=O)[C@H]2N=[N+]=[N-])[C@H](OC(C)=O)[C@@H]1OC(C)=O. The van der Waals surface area contributed by atoms with E-state index < -0.39 is 166 Å². The van der Waals surface area contributed by atoms with Crippen LogP contribution in [0.15, 0.2) is 45.7 Å². The zero-order chi connectivity index (χ0) is 53.1. The number of hydrogen-bond donors (Lipinski definition) is 3. The molecule has 2 heterocycles. The number of rotatable bonds is 22. The van der Waals surface area contributed by atoms with Crippen LogP contribution < -0.4 is 10.6 Å². The number of hydrogen-bond acceptors (Lipinski definition) is 23. The Bertz CT molecular complexity index is 2260. The maximum Gasteiger partial charge on any atom is 0.407 e. The van der Waals surface area contributed by atoms with Gasteiger partial charge >= 0.3 is 41.9 Å². The van der Waals surface area contributed by atoms with Gasteiger partial charge in [0.15, 0.2) is 43.1 Å². The molecule has 1 aliphatic carbocycles. The predicted octanol–water partition coefficient (Wildman–Crippen LogP) is 1.66. The highest BCUT2D eigenvalue weighted by molar-refractivity contribution is 5.81. The van der Waals surface area contributed by atoms with Crippen LogP contribution in [0.4, 0.5) is 4.79 Å². The summed E-state index contributed by atoms with van der Waals surface area (Å²) in [4.78, 5) is 109. The average Bonchev–Trinajstić information content (AvgIpc) is 3.61. The minimum atomic E-state index is -1.97. The molecule has 2 amide bonds. The van der Waals surface area contributed by atoms with Crippen molar-refractivity contribution in [1.29, 1.82) is 0 Å². The molecule has 0 radical (unpaired) electrons. The van der Waals surface area contributed by atoms with Crippen molar-refractivity contribution in [2.45, 2.75) is 153 Å². The van der Waals surface area contributed by atoms with E-state index in [0.29, 0.717) is 5.56 Å². The van der Waals surface area contributed by atoms with Crippen LogP contribution in [0, 0.1) is 0 Å². The Morgan fingerprint density at radius 3 is 1.81 bits per heavy atom. The van der Waals surface area contributed by atoms with E-state index in [2.05, 4.69) is 40.7 Å². The number of nitrogens with one attached hydrogen (secondary N) is 2. The number of ether oxygens (including phenoxy) is 11. The van der Waals surface area contributed by atoms with Crippen molar-refractivity contribution in [1.82, 2.24) is 10.6 Å². The lowest BCUT2D eigenvalue weighted by Crippen LogP contribution is -2.67. The van der Waals surface area contributed by atoms with Crippen LogP contribution in [-0.4, -0.2) is 164 Å². The fraction of sp³-hybridized carbons (Fsp3) is 0.659. The van der Waals surface area contributed by atoms with Crippen molar-refractivity contribution >= 4 is 47.8 Å². The third-order valence-corrected chi connectivity index (χ3v) is 10.6. The Labute approximate surface area is 408 Å². The van der Waals surface area contributed by atoms with Gasteiger partial charge in [0, 0.05) is 62.8 Å². The summed E-state index contributed by atoms with van der Waals surface area (Å²) in [7, 11) is 0. The molecule has 0 unspecified atom stereocenters. The molecule has 1 aromatic carbocycles. The van der Waals surface area contributed by atoms with E-state index in [1.807, 2.05) is 0 Å². The van der Waals surface area contributed by atoms with Gasteiger partial charge in [-0.15, -0.1) is 0 Å². The smallest absolute Gasteiger partial charge is 0.407 e. The van der Waals surface area contributed by atoms with E-state index in [0.717, 1.165) is 41.5 Å². The molecule has 0 spiro atoms. The summed E-state index contributed by atoms with van der Waals surface area (Å²) < 4.78 is 62.9. The van der Waals surface area contributed by atoms with E-state index in [-0.39, 0.29) is 13.2 Å². The van der Waals surface area contributed by atoms with Gasteiger partial charge in [-0.05, 0) is 35.0 Å². The largest absolute Gasteiger partial charge is 0.463 e. The first-order chi connectivity index (χ1) is 34.3. The second-order valence-electron chi connectivity index (χ2n) is 16.0. The Morgan fingerprint density at radius 1 is 0.667 bits per heavy atom. The lowest BCUT2D eigenvalue weighted by molar-refractivity contribution is -0.309. The molecule has 2 aliphatic heterocycles. The number of benzene rings is 1. The molecule has 1 aromatic rings. The number of alkyl carbamates (subject to hydrolysis) is 1. The van der Waals surface area contributed by atoms with Crippen LogP contribution in [0.5, 0.6) is 0 Å². The van der Waals surface area contributed by atoms with E-state index in [4.69, 9.17) is 52.1 Å². The van der Waals surface area contributed by atoms with E-state index in [1.165, 1.54) is 0 Å². The standard InChI is InChI=1S/C41H53N11O20/c1-18(53)62-17-29-34(66-21(4)56)37(68-23(6)58)40(70-29)72-36-31(64-19(2)54)25(47-38(60)27(59)12-13-45-41(61)63-16-24-10-8-7-9-11-24)14-26(48-51-43)32(36)71-39-30(49-52-44)35(67-22(5)57)33(65-20(3)55)28(69-39)15-46-50-42/h7-11,25-37,39-40,59H,12-17H2,1-6H3,(H,45,61)(H,47,60)/t25-,26+,27+,28-,29-,30-,31+,32-,33-,34-,35-,36-,37-,39-,40+/m1/s1. The predicted molar refractivity (Wildman–Crippen MR) is 233 cm³/mol. The molecular weight excluding hydrogens is 967 g/mol. The zero-order valence-electron chi connectivity index (χ0n) is 39.5. The third-order valence-electron chi connectivity index (χ3n) is 10.6. The Balaban J connectivity index is 1.81. The highest BCUT2D eigenvalue weighted by Crippen LogP contribution is 2.39. The summed E-state index contributed by atoms with van der Waals surface area (Å²) >= 11 is 0. The molecule has 392 valence electrons. The summed E-state index contributed by atoms with van der Waals surface area (Å²) in [6.45, 7) is 4.40. The second-order valence-corrected chi connectivity index (χ2v) is 16.0. The summed E-state index contributed by atoms with van der Waals surface area (Å²) in [6.07, 6.45) is -22.7. The Kier molecular flexibility index (Phi) is 22.0. The molecule has 31 heteroatoms. The van der Waals surface area contributed by atoms with Gasteiger partial charge in [-0.3, -0.25) is 33.6 Å². The molecule has 31 nitrogen and oxygen atoms in total. The highest BCUT2D eigenvalue weighted by Gasteiger charge is 2.58. The topological polar surface area (TPSA) is 429 Å². The van der Waals surface area contributed by atoms with E-state index >= 15 is 0 Å². The number of carbonyl (C=O) groups excluding carboxylic acids is 8. The molecule has 0 bridgehead atoms. The van der Waals surface area contributed by atoms with Crippen LogP contribution in [0.25, 0.3) is 31.3 Å². The first-order valence-corrected chi connectivity index (χ1v) is 21.9. The van der Waals surface area contributed by atoms with Crippen LogP contribution in [-0.2, 0) is 92.3 Å². The number of nitrogens with zero attached hydrogens (tertiary/aromatic N) is 9. The maximum atomic E-state index is 13.7. The minimum Gasteiger partial charge on any atom is -0.463 e. The first kappa shape index (κ1) is 57.1. The molecular formula is C41H53N11O20. The fourth-order valence-corrected chi connectivity index (χ4v) is 7.85. The number of carbonyl (C=O) groups is 8. The highest BCUT2D eigenvalue weighted by atomic mass is 16.8. The molecule has 2 saturated heterocycles. The maximum absolute atomic E-state index is 13.7. The zero-order valence-corrected chi connectivity index (χ0v) is 39.5. The lowest BCUT2D eigenvalue weighted by atomic mass is 9.83. The summed E-state index contributed by atoms with van der Waals surface area (Å²) in [5.41, 5.74) is 29.6. The molecule has 72 heavy (non-hydrogen) atoms. The average molecular weight is 1020 g/mol. The molecule has 4 rings (SSSR count). The number of azide groups is 3. The van der Waals surface area contributed by atoms with Crippen molar-refractivity contribution in [3.63, 3.8) is 0 Å².